The molecule has 2 rings (SSSR count). The lowest BCUT2D eigenvalue weighted by molar-refractivity contribution is -0.142. The number of benzene rings is 2. The second-order valence-electron chi connectivity index (χ2n) is 6.39. The fraction of sp³-hybridized carbons (Fsp3) is 0.286. The highest BCUT2D eigenvalue weighted by Crippen LogP contribution is 2.17. The Morgan fingerprint density at radius 1 is 1.04 bits per heavy atom. The summed E-state index contributed by atoms with van der Waals surface area (Å²) in [4.78, 5) is 36.1. The van der Waals surface area contributed by atoms with Gasteiger partial charge in [0, 0.05) is 24.6 Å². The molecule has 0 fully saturated rings. The summed E-state index contributed by atoms with van der Waals surface area (Å²) < 4.78 is 4.87. The second kappa shape index (κ2) is 8.98. The zero-order valence-electron chi connectivity index (χ0n) is 16.0. The van der Waals surface area contributed by atoms with Gasteiger partial charge < -0.3 is 15.4 Å². The molecule has 2 amide bonds. The molecule has 0 saturated heterocycles. The standard InChI is InChI=1S/C21H24N2O4/c1-13-7-5-8-14(2)18(13)12-19(21(26)27-4)23-20(25)16-9-6-10-17(11-16)22-15(3)24/h5-11,19H,12H2,1-4H3,(H,22,24)(H,23,25)/t19-/m1/s1. The van der Waals surface area contributed by atoms with Crippen LogP contribution in [0.3, 0.4) is 0 Å². The van der Waals surface area contributed by atoms with Crippen molar-refractivity contribution in [1.82, 2.24) is 5.32 Å². The van der Waals surface area contributed by atoms with Gasteiger partial charge in [-0.3, -0.25) is 9.59 Å². The number of nitrogens with one attached hydrogen (secondary N) is 2. The van der Waals surface area contributed by atoms with Crippen molar-refractivity contribution in [1.29, 1.82) is 0 Å². The van der Waals surface area contributed by atoms with Crippen LogP contribution in [0.2, 0.25) is 0 Å². The molecule has 0 aromatic heterocycles. The fourth-order valence-corrected chi connectivity index (χ4v) is 2.89. The number of anilines is 1. The number of carbonyl (C=O) groups excluding carboxylic acids is 3. The van der Waals surface area contributed by atoms with Crippen LogP contribution in [0.15, 0.2) is 42.5 Å². The maximum atomic E-state index is 12.6. The third kappa shape index (κ3) is 5.41. The summed E-state index contributed by atoms with van der Waals surface area (Å²) in [7, 11) is 1.30. The van der Waals surface area contributed by atoms with E-state index >= 15 is 0 Å². The van der Waals surface area contributed by atoms with Crippen LogP contribution in [0, 0.1) is 13.8 Å². The Labute approximate surface area is 158 Å². The maximum absolute atomic E-state index is 12.6. The summed E-state index contributed by atoms with van der Waals surface area (Å²) in [5.74, 6) is -1.15. The van der Waals surface area contributed by atoms with E-state index in [1.54, 1.807) is 24.3 Å². The van der Waals surface area contributed by atoms with Gasteiger partial charge in [-0.05, 0) is 48.7 Å². The van der Waals surface area contributed by atoms with E-state index in [1.165, 1.54) is 14.0 Å². The molecule has 0 heterocycles. The zero-order valence-corrected chi connectivity index (χ0v) is 16.0. The van der Waals surface area contributed by atoms with E-state index in [4.69, 9.17) is 4.74 Å². The highest BCUT2D eigenvalue weighted by atomic mass is 16.5. The molecule has 0 radical (unpaired) electrons. The monoisotopic (exact) mass is 368 g/mol. The zero-order chi connectivity index (χ0) is 20.0. The molecule has 1 atom stereocenters. The minimum atomic E-state index is -0.813. The molecule has 0 spiro atoms. The molecule has 6 heteroatoms. The minimum absolute atomic E-state index is 0.227. The molecular formula is C21H24N2O4. The maximum Gasteiger partial charge on any atom is 0.328 e. The number of ether oxygens (including phenoxy) is 1. The predicted octanol–water partition coefficient (Wildman–Crippen LogP) is 2.78. The highest BCUT2D eigenvalue weighted by molar-refractivity contribution is 5.98. The lowest BCUT2D eigenvalue weighted by atomic mass is 9.96. The van der Waals surface area contributed by atoms with Gasteiger partial charge in [-0.2, -0.15) is 0 Å². The van der Waals surface area contributed by atoms with Crippen LogP contribution in [0.1, 0.15) is 34.0 Å². The van der Waals surface area contributed by atoms with E-state index in [9.17, 15) is 14.4 Å². The third-order valence-corrected chi connectivity index (χ3v) is 4.29. The van der Waals surface area contributed by atoms with Gasteiger partial charge in [0.2, 0.25) is 5.91 Å². The summed E-state index contributed by atoms with van der Waals surface area (Å²) in [6.07, 6.45) is 0.336. The van der Waals surface area contributed by atoms with Gasteiger partial charge >= 0.3 is 5.97 Å². The first-order valence-electron chi connectivity index (χ1n) is 8.63. The molecule has 2 N–H and O–H groups in total. The van der Waals surface area contributed by atoms with Crippen molar-refractivity contribution in [2.24, 2.45) is 0 Å². The summed E-state index contributed by atoms with van der Waals surface area (Å²) in [5.41, 5.74) is 3.95. The lowest BCUT2D eigenvalue weighted by Gasteiger charge is -2.19. The normalized spacial score (nSPS) is 11.4. The number of carbonyl (C=O) groups is 3. The molecule has 2 aromatic rings. The molecule has 2 aromatic carbocycles. The van der Waals surface area contributed by atoms with Crippen LogP contribution < -0.4 is 10.6 Å². The van der Waals surface area contributed by atoms with Crippen LogP contribution in [-0.4, -0.2) is 30.9 Å². The van der Waals surface area contributed by atoms with Gasteiger partial charge in [-0.25, -0.2) is 4.79 Å². The summed E-state index contributed by atoms with van der Waals surface area (Å²) >= 11 is 0. The first-order valence-corrected chi connectivity index (χ1v) is 8.63. The molecule has 0 aliphatic heterocycles. The Kier molecular flexibility index (Phi) is 6.71. The van der Waals surface area contributed by atoms with Crippen LogP contribution in [0.5, 0.6) is 0 Å². The Morgan fingerprint density at radius 2 is 1.67 bits per heavy atom. The van der Waals surface area contributed by atoms with Crippen molar-refractivity contribution in [3.8, 4) is 0 Å². The van der Waals surface area contributed by atoms with E-state index in [0.29, 0.717) is 17.7 Å². The Bertz CT molecular complexity index is 841. The smallest absolute Gasteiger partial charge is 0.328 e. The van der Waals surface area contributed by atoms with Gasteiger partial charge in [0.15, 0.2) is 0 Å². The van der Waals surface area contributed by atoms with Crippen LogP contribution in [0.25, 0.3) is 0 Å². The minimum Gasteiger partial charge on any atom is -0.467 e. The first-order chi connectivity index (χ1) is 12.8. The van der Waals surface area contributed by atoms with Gasteiger partial charge in [-0.1, -0.05) is 24.3 Å². The number of hydrogen-bond acceptors (Lipinski definition) is 4. The molecule has 142 valence electrons. The van der Waals surface area contributed by atoms with E-state index in [1.807, 2.05) is 32.0 Å². The predicted molar refractivity (Wildman–Crippen MR) is 104 cm³/mol. The number of methoxy groups -OCH3 is 1. The number of esters is 1. The Hall–Kier alpha value is -3.15. The topological polar surface area (TPSA) is 84.5 Å². The number of hydrogen-bond donors (Lipinski definition) is 2. The largest absolute Gasteiger partial charge is 0.467 e. The van der Waals surface area contributed by atoms with Crippen LogP contribution in [0.4, 0.5) is 5.69 Å². The molecule has 6 nitrogen and oxygen atoms in total. The average molecular weight is 368 g/mol. The second-order valence-corrected chi connectivity index (χ2v) is 6.39. The van der Waals surface area contributed by atoms with E-state index in [0.717, 1.165) is 16.7 Å². The molecule has 0 unspecified atom stereocenters. The van der Waals surface area contributed by atoms with Gasteiger partial charge in [0.1, 0.15) is 6.04 Å². The van der Waals surface area contributed by atoms with Crippen molar-refractivity contribution >= 4 is 23.5 Å². The quantitative estimate of drug-likeness (QED) is 0.768. The van der Waals surface area contributed by atoms with E-state index in [2.05, 4.69) is 10.6 Å². The Morgan fingerprint density at radius 3 is 2.26 bits per heavy atom. The van der Waals surface area contributed by atoms with Crippen LogP contribution >= 0.6 is 0 Å². The van der Waals surface area contributed by atoms with Crippen molar-refractivity contribution in [3.05, 3.63) is 64.7 Å². The van der Waals surface area contributed by atoms with E-state index < -0.39 is 17.9 Å². The van der Waals surface area contributed by atoms with Crippen molar-refractivity contribution in [2.45, 2.75) is 33.2 Å². The highest BCUT2D eigenvalue weighted by Gasteiger charge is 2.24. The Balaban J connectivity index is 2.22. The molecule has 0 aliphatic carbocycles. The number of amides is 2. The SMILES string of the molecule is COC(=O)[C@@H](Cc1c(C)cccc1C)NC(=O)c1cccc(NC(C)=O)c1. The van der Waals surface area contributed by atoms with Crippen molar-refractivity contribution in [2.75, 3.05) is 12.4 Å². The van der Waals surface area contributed by atoms with Gasteiger partial charge in [0.05, 0.1) is 7.11 Å². The molecule has 0 saturated carbocycles. The molecule has 0 bridgehead atoms. The third-order valence-electron chi connectivity index (χ3n) is 4.29. The molecule has 0 aliphatic rings. The lowest BCUT2D eigenvalue weighted by Crippen LogP contribution is -2.43. The number of rotatable bonds is 6. The first kappa shape index (κ1) is 20.2. The van der Waals surface area contributed by atoms with Gasteiger partial charge in [-0.15, -0.1) is 0 Å². The van der Waals surface area contributed by atoms with Crippen molar-refractivity contribution < 1.29 is 19.1 Å². The molecular weight excluding hydrogens is 344 g/mol. The average Bonchev–Trinajstić information content (AvgIpc) is 2.62. The summed E-state index contributed by atoms with van der Waals surface area (Å²) in [6, 6.07) is 11.6. The summed E-state index contributed by atoms with van der Waals surface area (Å²) in [5, 5.41) is 5.37. The van der Waals surface area contributed by atoms with E-state index in [-0.39, 0.29) is 5.91 Å². The number of aryl methyl sites for hydroxylation is 2. The van der Waals surface area contributed by atoms with Crippen molar-refractivity contribution in [3.63, 3.8) is 0 Å². The van der Waals surface area contributed by atoms with Crippen LogP contribution in [-0.2, 0) is 20.7 Å². The molecule has 27 heavy (non-hydrogen) atoms. The summed E-state index contributed by atoms with van der Waals surface area (Å²) in [6.45, 7) is 5.33. The van der Waals surface area contributed by atoms with Gasteiger partial charge in [0.25, 0.3) is 5.91 Å². The fourth-order valence-electron chi connectivity index (χ4n) is 2.89.